The fraction of sp³-hybridized carbons (Fsp3) is 0.579. The summed E-state index contributed by atoms with van der Waals surface area (Å²) in [6.07, 6.45) is 9.71. The van der Waals surface area contributed by atoms with Crippen LogP contribution >= 0.6 is 0 Å². The van der Waals surface area contributed by atoms with Crippen molar-refractivity contribution in [2.24, 2.45) is 0 Å². The Morgan fingerprint density at radius 1 is 1.33 bits per heavy atom. The fourth-order valence-electron chi connectivity index (χ4n) is 3.33. The Hall–Kier alpha value is -1.88. The molecule has 0 atom stereocenters. The topological polar surface area (TPSA) is 58.2 Å². The van der Waals surface area contributed by atoms with E-state index in [-0.39, 0.29) is 11.7 Å². The Kier molecular flexibility index (Phi) is 5.51. The van der Waals surface area contributed by atoms with Crippen LogP contribution in [-0.2, 0) is 6.42 Å². The van der Waals surface area contributed by atoms with E-state index < -0.39 is 0 Å². The van der Waals surface area contributed by atoms with Crippen molar-refractivity contribution in [1.82, 2.24) is 14.9 Å². The summed E-state index contributed by atoms with van der Waals surface area (Å²) in [5.74, 6) is 0.757. The number of ether oxygens (including phenoxy) is 1. The van der Waals surface area contributed by atoms with Gasteiger partial charge in [-0.25, -0.2) is 0 Å². The minimum Gasteiger partial charge on any atom is -0.489 e. The van der Waals surface area contributed by atoms with Gasteiger partial charge in [0, 0.05) is 25.5 Å². The third kappa shape index (κ3) is 3.78. The second-order valence-electron chi connectivity index (χ2n) is 6.76. The van der Waals surface area contributed by atoms with Gasteiger partial charge in [-0.2, -0.15) is 0 Å². The van der Waals surface area contributed by atoms with E-state index in [0.717, 1.165) is 73.8 Å². The quantitative estimate of drug-likeness (QED) is 0.827. The van der Waals surface area contributed by atoms with Gasteiger partial charge in [0.1, 0.15) is 11.9 Å². The van der Waals surface area contributed by atoms with E-state index in [1.54, 1.807) is 12.4 Å². The SMILES string of the molecule is CCCCCc1c(OC2CCN(C)CC2)c2cnccc2[nH]c1=O. The van der Waals surface area contributed by atoms with Gasteiger partial charge in [-0.05, 0) is 38.8 Å². The summed E-state index contributed by atoms with van der Waals surface area (Å²) >= 11 is 0. The maximum atomic E-state index is 12.6. The highest BCUT2D eigenvalue weighted by molar-refractivity contribution is 5.85. The number of fused-ring (bicyclic) bond motifs is 1. The van der Waals surface area contributed by atoms with Crippen molar-refractivity contribution in [1.29, 1.82) is 0 Å². The first-order valence-corrected chi connectivity index (χ1v) is 9.03. The first-order chi connectivity index (χ1) is 11.7. The summed E-state index contributed by atoms with van der Waals surface area (Å²) in [5, 5.41) is 0.919. The van der Waals surface area contributed by atoms with Crippen molar-refractivity contribution in [3.63, 3.8) is 0 Å². The van der Waals surface area contributed by atoms with Gasteiger partial charge in [-0.15, -0.1) is 0 Å². The lowest BCUT2D eigenvalue weighted by Gasteiger charge is -2.30. The Morgan fingerprint density at radius 3 is 2.88 bits per heavy atom. The van der Waals surface area contributed by atoms with E-state index in [1.165, 1.54) is 0 Å². The van der Waals surface area contributed by atoms with Crippen LogP contribution in [0.15, 0.2) is 23.3 Å². The highest BCUT2D eigenvalue weighted by atomic mass is 16.5. The summed E-state index contributed by atoms with van der Waals surface area (Å²) in [6.45, 7) is 4.24. The van der Waals surface area contributed by atoms with Crippen LogP contribution < -0.4 is 10.3 Å². The van der Waals surface area contributed by atoms with E-state index in [0.29, 0.717) is 0 Å². The summed E-state index contributed by atoms with van der Waals surface area (Å²) < 4.78 is 6.37. The summed E-state index contributed by atoms with van der Waals surface area (Å²) in [4.78, 5) is 22.1. The minimum absolute atomic E-state index is 0.0206. The number of H-pyrrole nitrogens is 1. The molecule has 5 nitrogen and oxygen atoms in total. The lowest BCUT2D eigenvalue weighted by atomic mass is 10.0. The average Bonchev–Trinajstić information content (AvgIpc) is 2.59. The van der Waals surface area contributed by atoms with Crippen molar-refractivity contribution in [3.8, 4) is 5.75 Å². The molecule has 1 fully saturated rings. The first-order valence-electron chi connectivity index (χ1n) is 9.03. The van der Waals surface area contributed by atoms with Gasteiger partial charge >= 0.3 is 0 Å². The van der Waals surface area contributed by atoms with E-state index in [2.05, 4.69) is 28.8 Å². The predicted molar refractivity (Wildman–Crippen MR) is 96.7 cm³/mol. The first kappa shape index (κ1) is 17.0. The highest BCUT2D eigenvalue weighted by Gasteiger charge is 2.22. The number of rotatable bonds is 6. The number of piperidine rings is 1. The number of likely N-dealkylation sites (tertiary alicyclic amines) is 1. The van der Waals surface area contributed by atoms with Crippen molar-refractivity contribution < 1.29 is 4.74 Å². The molecule has 0 bridgehead atoms. The molecule has 3 heterocycles. The Labute approximate surface area is 143 Å². The van der Waals surface area contributed by atoms with Gasteiger partial charge in [-0.3, -0.25) is 9.78 Å². The van der Waals surface area contributed by atoms with E-state index in [1.807, 2.05) is 6.07 Å². The molecule has 1 aliphatic heterocycles. The number of pyridine rings is 2. The van der Waals surface area contributed by atoms with E-state index >= 15 is 0 Å². The molecule has 130 valence electrons. The maximum Gasteiger partial charge on any atom is 0.255 e. The lowest BCUT2D eigenvalue weighted by molar-refractivity contribution is 0.114. The molecule has 2 aromatic heterocycles. The smallest absolute Gasteiger partial charge is 0.255 e. The molecule has 0 saturated carbocycles. The van der Waals surface area contributed by atoms with Crippen LogP contribution in [0.5, 0.6) is 5.75 Å². The van der Waals surface area contributed by atoms with Crippen LogP contribution in [0.2, 0.25) is 0 Å². The molecule has 24 heavy (non-hydrogen) atoms. The van der Waals surface area contributed by atoms with Gasteiger partial charge < -0.3 is 14.6 Å². The molecule has 1 saturated heterocycles. The largest absolute Gasteiger partial charge is 0.489 e. The Morgan fingerprint density at radius 2 is 2.12 bits per heavy atom. The second kappa shape index (κ2) is 7.79. The normalized spacial score (nSPS) is 16.6. The molecule has 3 rings (SSSR count). The van der Waals surface area contributed by atoms with Crippen LogP contribution in [0.3, 0.4) is 0 Å². The molecule has 1 N–H and O–H groups in total. The van der Waals surface area contributed by atoms with Crippen LogP contribution in [0.1, 0.15) is 44.6 Å². The number of aromatic nitrogens is 2. The van der Waals surface area contributed by atoms with Crippen LogP contribution in [-0.4, -0.2) is 41.1 Å². The maximum absolute atomic E-state index is 12.6. The molecule has 0 radical (unpaired) electrons. The second-order valence-corrected chi connectivity index (χ2v) is 6.76. The van der Waals surface area contributed by atoms with E-state index in [9.17, 15) is 4.79 Å². The van der Waals surface area contributed by atoms with Gasteiger partial charge in [-0.1, -0.05) is 19.8 Å². The fourth-order valence-corrected chi connectivity index (χ4v) is 3.33. The molecular weight excluding hydrogens is 302 g/mol. The number of unbranched alkanes of at least 4 members (excludes halogenated alkanes) is 2. The Balaban J connectivity index is 1.94. The number of hydrogen-bond acceptors (Lipinski definition) is 4. The zero-order valence-electron chi connectivity index (χ0n) is 14.7. The standard InChI is InChI=1S/C19H27N3O2/c1-3-4-5-6-15-18(24-14-8-11-22(2)12-9-14)16-13-20-10-7-17(16)21-19(15)23/h7,10,13-14H,3-6,8-9,11-12H2,1-2H3,(H,21,23). The van der Waals surface area contributed by atoms with Gasteiger partial charge in [0.25, 0.3) is 5.56 Å². The third-order valence-corrected chi connectivity index (χ3v) is 4.84. The van der Waals surface area contributed by atoms with Crippen LogP contribution in [0.4, 0.5) is 0 Å². The molecule has 0 spiro atoms. The third-order valence-electron chi connectivity index (χ3n) is 4.84. The molecule has 5 heteroatoms. The average molecular weight is 329 g/mol. The lowest BCUT2D eigenvalue weighted by Crippen LogP contribution is -2.36. The minimum atomic E-state index is -0.0206. The highest BCUT2D eigenvalue weighted by Crippen LogP contribution is 2.29. The Bertz CT molecular complexity index is 733. The number of hydrogen-bond donors (Lipinski definition) is 1. The number of nitrogens with one attached hydrogen (secondary N) is 1. The zero-order chi connectivity index (χ0) is 16.9. The monoisotopic (exact) mass is 329 g/mol. The number of nitrogens with zero attached hydrogens (tertiary/aromatic N) is 2. The van der Waals surface area contributed by atoms with Crippen molar-refractivity contribution in [2.75, 3.05) is 20.1 Å². The molecular formula is C19H27N3O2. The predicted octanol–water partition coefficient (Wildman–Crippen LogP) is 3.13. The summed E-state index contributed by atoms with van der Waals surface area (Å²) in [5.41, 5.74) is 1.56. The van der Waals surface area contributed by atoms with Gasteiger partial charge in [0.2, 0.25) is 0 Å². The molecule has 0 aromatic carbocycles. The zero-order valence-corrected chi connectivity index (χ0v) is 14.7. The summed E-state index contributed by atoms with van der Waals surface area (Å²) in [6, 6.07) is 1.84. The van der Waals surface area contributed by atoms with Crippen LogP contribution in [0.25, 0.3) is 10.9 Å². The van der Waals surface area contributed by atoms with E-state index in [4.69, 9.17) is 4.74 Å². The van der Waals surface area contributed by atoms with Gasteiger partial charge in [0.05, 0.1) is 16.5 Å². The van der Waals surface area contributed by atoms with Crippen molar-refractivity contribution in [2.45, 2.75) is 51.6 Å². The molecule has 0 aliphatic carbocycles. The number of aromatic amines is 1. The molecule has 2 aromatic rings. The molecule has 0 amide bonds. The van der Waals surface area contributed by atoms with Crippen LogP contribution in [0, 0.1) is 0 Å². The molecule has 0 unspecified atom stereocenters. The van der Waals surface area contributed by atoms with Gasteiger partial charge in [0.15, 0.2) is 0 Å². The van der Waals surface area contributed by atoms with Crippen molar-refractivity contribution in [3.05, 3.63) is 34.4 Å². The molecule has 1 aliphatic rings. The summed E-state index contributed by atoms with van der Waals surface area (Å²) in [7, 11) is 2.14. The van der Waals surface area contributed by atoms with Crippen molar-refractivity contribution >= 4 is 10.9 Å².